The lowest BCUT2D eigenvalue weighted by molar-refractivity contribution is -0.116. The van der Waals surface area contributed by atoms with Crippen molar-refractivity contribution in [1.82, 2.24) is 9.88 Å². The van der Waals surface area contributed by atoms with Crippen LogP contribution in [0.15, 0.2) is 102 Å². The first-order valence-corrected chi connectivity index (χ1v) is 14.5. The zero-order chi connectivity index (χ0) is 30.5. The van der Waals surface area contributed by atoms with E-state index in [0.717, 1.165) is 28.0 Å². The number of aromatic hydroxyl groups is 1. The highest BCUT2D eigenvalue weighted by molar-refractivity contribution is 6.31. The fourth-order valence-electron chi connectivity index (χ4n) is 4.79. The third-order valence-corrected chi connectivity index (χ3v) is 7.70. The molecule has 0 aliphatic rings. The molecule has 0 bridgehead atoms. The fraction of sp³-hybridized carbons (Fsp3) is 0.200. The number of H-pyrrole nitrogens is 1. The molecule has 8 heteroatoms. The molecular formula is C35H35ClN4O3. The average molecular weight is 595 g/mol. The summed E-state index contributed by atoms with van der Waals surface area (Å²) in [4.78, 5) is 24.4. The van der Waals surface area contributed by atoms with Gasteiger partial charge in [-0.25, -0.2) is 4.99 Å². The topological polar surface area (TPSA) is 81.2 Å². The van der Waals surface area contributed by atoms with Crippen LogP contribution in [0.5, 0.6) is 11.6 Å². The van der Waals surface area contributed by atoms with Crippen molar-refractivity contribution in [3.05, 3.63) is 119 Å². The van der Waals surface area contributed by atoms with Crippen molar-refractivity contribution < 1.29 is 14.6 Å². The van der Waals surface area contributed by atoms with Gasteiger partial charge < -0.3 is 24.6 Å². The minimum absolute atomic E-state index is 0.00234. The van der Waals surface area contributed by atoms with Crippen LogP contribution in [0.3, 0.4) is 0 Å². The van der Waals surface area contributed by atoms with Gasteiger partial charge in [-0.05, 0) is 87.2 Å². The van der Waals surface area contributed by atoms with Crippen molar-refractivity contribution in [2.75, 3.05) is 25.5 Å². The number of halogens is 1. The van der Waals surface area contributed by atoms with E-state index in [0.29, 0.717) is 40.7 Å². The second-order valence-electron chi connectivity index (χ2n) is 10.8. The first kappa shape index (κ1) is 29.9. The number of likely N-dealkylation sites (N-methyl/N-ethyl adjacent to an activating group) is 1. The molecule has 1 atom stereocenters. The molecule has 43 heavy (non-hydrogen) atoms. The number of amides is 1. The van der Waals surface area contributed by atoms with Crippen LogP contribution >= 0.6 is 11.6 Å². The van der Waals surface area contributed by atoms with E-state index in [9.17, 15) is 9.90 Å². The Kier molecular flexibility index (Phi) is 9.14. The Morgan fingerprint density at radius 1 is 0.977 bits per heavy atom. The summed E-state index contributed by atoms with van der Waals surface area (Å²) >= 11 is 6.23. The molecule has 1 unspecified atom stereocenters. The van der Waals surface area contributed by atoms with Gasteiger partial charge in [-0.15, -0.1) is 0 Å². The van der Waals surface area contributed by atoms with Crippen LogP contribution < -0.4 is 9.64 Å². The normalized spacial score (nSPS) is 12.5. The second-order valence-corrected chi connectivity index (χ2v) is 11.2. The molecule has 220 valence electrons. The van der Waals surface area contributed by atoms with Crippen LogP contribution in [0.25, 0.3) is 10.9 Å². The van der Waals surface area contributed by atoms with Crippen LogP contribution in [-0.2, 0) is 11.4 Å². The number of hydrogen-bond acceptors (Lipinski definition) is 5. The monoisotopic (exact) mass is 594 g/mol. The van der Waals surface area contributed by atoms with Crippen LogP contribution in [-0.4, -0.2) is 53.3 Å². The number of anilines is 1. The molecule has 0 fully saturated rings. The van der Waals surface area contributed by atoms with Gasteiger partial charge >= 0.3 is 0 Å². The van der Waals surface area contributed by atoms with E-state index in [-0.39, 0.29) is 17.8 Å². The molecular weight excluding hydrogens is 560 g/mol. The average Bonchev–Trinajstić information content (AvgIpc) is 3.32. The molecule has 5 rings (SSSR count). The summed E-state index contributed by atoms with van der Waals surface area (Å²) in [6.07, 6.45) is 0. The number of aromatic nitrogens is 1. The van der Waals surface area contributed by atoms with E-state index in [4.69, 9.17) is 21.3 Å². The minimum atomic E-state index is -0.0254. The molecule has 4 aromatic carbocycles. The van der Waals surface area contributed by atoms with Gasteiger partial charge in [-0.1, -0.05) is 48.0 Å². The minimum Gasteiger partial charge on any atom is -0.494 e. The number of aromatic amines is 1. The maximum absolute atomic E-state index is 12.5. The molecule has 0 aliphatic heterocycles. The van der Waals surface area contributed by atoms with Gasteiger partial charge in [0, 0.05) is 41.2 Å². The predicted molar refractivity (Wildman–Crippen MR) is 175 cm³/mol. The smallest absolute Gasteiger partial charge is 0.223 e. The van der Waals surface area contributed by atoms with Gasteiger partial charge in [0.1, 0.15) is 12.4 Å². The van der Waals surface area contributed by atoms with E-state index in [1.165, 1.54) is 0 Å². The highest BCUT2D eigenvalue weighted by Gasteiger charge is 2.20. The maximum atomic E-state index is 12.5. The third-order valence-electron chi connectivity index (χ3n) is 7.46. The van der Waals surface area contributed by atoms with Crippen molar-refractivity contribution in [1.29, 1.82) is 0 Å². The first-order chi connectivity index (χ1) is 20.7. The zero-order valence-electron chi connectivity index (χ0n) is 24.7. The lowest BCUT2D eigenvalue weighted by atomic mass is 10.0. The number of carbonyl (C=O) groups excluding carboxylic acids is 1. The van der Waals surface area contributed by atoms with Gasteiger partial charge in [0.25, 0.3) is 0 Å². The Labute approximate surface area is 257 Å². The summed E-state index contributed by atoms with van der Waals surface area (Å²) in [5, 5.41) is 12.4. The molecule has 1 heterocycles. The largest absolute Gasteiger partial charge is 0.494 e. The lowest BCUT2D eigenvalue weighted by Crippen LogP contribution is -2.41. The first-order valence-electron chi connectivity index (χ1n) is 14.1. The summed E-state index contributed by atoms with van der Waals surface area (Å²) in [6, 6.07) is 30.8. The molecule has 1 amide bonds. The lowest BCUT2D eigenvalue weighted by Gasteiger charge is -2.28. The van der Waals surface area contributed by atoms with Crippen molar-refractivity contribution in [2.24, 2.45) is 4.99 Å². The molecule has 1 aromatic heterocycles. The summed E-state index contributed by atoms with van der Waals surface area (Å²) in [6.45, 7) is 4.69. The van der Waals surface area contributed by atoms with E-state index < -0.39 is 0 Å². The van der Waals surface area contributed by atoms with Crippen molar-refractivity contribution in [2.45, 2.75) is 26.5 Å². The number of fused-ring (bicyclic) bond motifs is 1. The van der Waals surface area contributed by atoms with Crippen LogP contribution in [0.1, 0.15) is 30.5 Å². The quantitative estimate of drug-likeness (QED) is 0.163. The van der Waals surface area contributed by atoms with Crippen LogP contribution in [0, 0.1) is 0 Å². The van der Waals surface area contributed by atoms with Gasteiger partial charge in [-0.2, -0.15) is 0 Å². The number of carbonyl (C=O) groups is 1. The number of nitrogens with zero attached hydrogens (tertiary/aromatic N) is 3. The highest BCUT2D eigenvalue weighted by atomic mass is 35.5. The highest BCUT2D eigenvalue weighted by Crippen LogP contribution is 2.33. The maximum Gasteiger partial charge on any atom is 0.223 e. The van der Waals surface area contributed by atoms with Gasteiger partial charge in [0.2, 0.25) is 5.91 Å². The van der Waals surface area contributed by atoms with Crippen LogP contribution in [0.4, 0.5) is 11.4 Å². The van der Waals surface area contributed by atoms with Gasteiger partial charge in [-0.3, -0.25) is 4.79 Å². The molecule has 0 spiro atoms. The Hall–Kier alpha value is -4.59. The zero-order valence-corrected chi connectivity index (χ0v) is 25.5. The molecule has 5 aromatic rings. The number of hydrogen-bond donors (Lipinski definition) is 2. The summed E-state index contributed by atoms with van der Waals surface area (Å²) in [7, 11) is 4.00. The molecule has 7 nitrogen and oxygen atoms in total. The van der Waals surface area contributed by atoms with Crippen molar-refractivity contribution >= 4 is 45.5 Å². The predicted octanol–water partition coefficient (Wildman–Crippen LogP) is 7.58. The summed E-state index contributed by atoms with van der Waals surface area (Å²) < 4.78 is 5.99. The van der Waals surface area contributed by atoms with Crippen molar-refractivity contribution in [3.8, 4) is 11.6 Å². The summed E-state index contributed by atoms with van der Waals surface area (Å²) in [5.74, 6) is 0.697. The van der Waals surface area contributed by atoms with E-state index in [2.05, 4.69) is 16.8 Å². The standard InChI is InChI=1S/C35H35ClN4O3/c1-23(39(3)4)21-40(24(2)41)29-15-13-28(14-16-29)37-34(33-31-19-12-27(36)20-32(31)38-35(33)42)26-10-17-30(18-11-26)43-22-25-8-6-5-7-9-25/h5-20,23,38,42H,21-22H2,1-4H3. The summed E-state index contributed by atoms with van der Waals surface area (Å²) in [5.41, 5.74) is 5.21. The molecule has 0 saturated heterocycles. The number of aliphatic imine (C=N–C) groups is 1. The second kappa shape index (κ2) is 13.2. The molecule has 2 N–H and O–H groups in total. The Morgan fingerprint density at radius 3 is 2.33 bits per heavy atom. The van der Waals surface area contributed by atoms with E-state index >= 15 is 0 Å². The van der Waals surface area contributed by atoms with Crippen LogP contribution in [0.2, 0.25) is 5.02 Å². The number of nitrogens with one attached hydrogen (secondary N) is 1. The van der Waals surface area contributed by atoms with Gasteiger partial charge in [0.05, 0.1) is 22.5 Å². The Balaban J connectivity index is 1.51. The Bertz CT molecular complexity index is 1730. The SMILES string of the molecule is CC(=O)N(CC(C)N(C)C)c1ccc(N=C(c2ccc(OCc3ccccc3)cc2)c2c(O)[nH]c3cc(Cl)ccc23)cc1. The van der Waals surface area contributed by atoms with E-state index in [1.54, 1.807) is 24.0 Å². The molecule has 0 aliphatic carbocycles. The molecule has 0 radical (unpaired) electrons. The third kappa shape index (κ3) is 7.08. The number of rotatable bonds is 10. The number of benzene rings is 4. The van der Waals surface area contributed by atoms with Crippen molar-refractivity contribution in [3.63, 3.8) is 0 Å². The molecule has 0 saturated carbocycles. The van der Waals surface area contributed by atoms with Gasteiger partial charge in [0.15, 0.2) is 5.88 Å². The Morgan fingerprint density at radius 2 is 1.67 bits per heavy atom. The number of ether oxygens (including phenoxy) is 1. The fourth-order valence-corrected chi connectivity index (χ4v) is 4.96. The van der Waals surface area contributed by atoms with E-state index in [1.807, 2.05) is 99.0 Å².